The van der Waals surface area contributed by atoms with E-state index in [1.165, 1.54) is 32.4 Å². The first kappa shape index (κ1) is 14.0. The molecule has 1 N–H and O–H groups in total. The molecule has 1 rings (SSSR count). The molecule has 0 saturated carbocycles. The third-order valence-corrected chi connectivity index (χ3v) is 2.95. The summed E-state index contributed by atoms with van der Waals surface area (Å²) in [5, 5.41) is 2.89. The lowest BCUT2D eigenvalue weighted by Gasteiger charge is -2.26. The van der Waals surface area contributed by atoms with E-state index in [2.05, 4.69) is 10.2 Å². The van der Waals surface area contributed by atoms with E-state index in [4.69, 9.17) is 0 Å². The molecule has 0 aromatic carbocycles. The Kier molecular flexibility index (Phi) is 7.39. The van der Waals surface area contributed by atoms with Gasteiger partial charge in [0.1, 0.15) is 0 Å². The molecule has 1 aliphatic heterocycles. The van der Waals surface area contributed by atoms with Crippen LogP contribution in [0.25, 0.3) is 0 Å². The summed E-state index contributed by atoms with van der Waals surface area (Å²) in [6, 6.07) is 0. The van der Waals surface area contributed by atoms with Crippen LogP contribution in [0.2, 0.25) is 0 Å². The maximum atomic E-state index is 11.3. The molecule has 1 saturated heterocycles. The fraction of sp³-hybridized carbons (Fsp3) is 0.643. The van der Waals surface area contributed by atoms with Gasteiger partial charge in [-0.1, -0.05) is 24.6 Å². The minimum atomic E-state index is 0.00161. The number of carbonyl (C=O) groups excluding carboxylic acids is 1. The minimum absolute atomic E-state index is 0.00161. The maximum absolute atomic E-state index is 11.3. The Morgan fingerprint density at radius 1 is 1.24 bits per heavy atom. The molecule has 0 aromatic rings. The van der Waals surface area contributed by atoms with E-state index in [-0.39, 0.29) is 5.91 Å². The lowest BCUT2D eigenvalue weighted by molar-refractivity contribution is -0.116. The van der Waals surface area contributed by atoms with Gasteiger partial charge in [0.25, 0.3) is 0 Å². The second-order valence-corrected chi connectivity index (χ2v) is 4.43. The first-order chi connectivity index (χ1) is 8.33. The summed E-state index contributed by atoms with van der Waals surface area (Å²) in [4.78, 5) is 13.8. The molecule has 1 heterocycles. The van der Waals surface area contributed by atoms with Gasteiger partial charge in [0.05, 0.1) is 0 Å². The molecule has 1 aliphatic rings. The molecule has 0 aliphatic carbocycles. The average Bonchev–Trinajstić information content (AvgIpc) is 2.36. The summed E-state index contributed by atoms with van der Waals surface area (Å²) in [6.45, 7) is 6.28. The zero-order valence-corrected chi connectivity index (χ0v) is 10.8. The van der Waals surface area contributed by atoms with E-state index >= 15 is 0 Å². The molecule has 0 spiro atoms. The van der Waals surface area contributed by atoms with Gasteiger partial charge in [-0.15, -0.1) is 0 Å². The van der Waals surface area contributed by atoms with Crippen LogP contribution in [0.4, 0.5) is 0 Å². The average molecular weight is 236 g/mol. The third kappa shape index (κ3) is 6.95. The number of nitrogens with zero attached hydrogens (tertiary/aromatic N) is 1. The minimum Gasteiger partial charge on any atom is -0.353 e. The predicted octanol–water partition coefficient (Wildman–Crippen LogP) is 2.11. The Morgan fingerprint density at radius 2 is 2.00 bits per heavy atom. The van der Waals surface area contributed by atoms with E-state index in [1.807, 2.05) is 19.1 Å². The zero-order chi connectivity index (χ0) is 12.3. The molecular formula is C14H24N2O. The number of rotatable bonds is 6. The zero-order valence-electron chi connectivity index (χ0n) is 10.8. The molecule has 0 radical (unpaired) electrons. The summed E-state index contributed by atoms with van der Waals surface area (Å²) in [7, 11) is 0. The van der Waals surface area contributed by atoms with Gasteiger partial charge < -0.3 is 10.2 Å². The molecule has 1 fully saturated rings. The van der Waals surface area contributed by atoms with Crippen LogP contribution in [0.3, 0.4) is 0 Å². The molecule has 0 aromatic heterocycles. The largest absolute Gasteiger partial charge is 0.353 e. The number of piperidine rings is 1. The van der Waals surface area contributed by atoms with Crippen LogP contribution in [0.1, 0.15) is 32.6 Å². The van der Waals surface area contributed by atoms with E-state index in [1.54, 1.807) is 12.2 Å². The Hall–Kier alpha value is -1.09. The number of carbonyl (C=O) groups is 1. The predicted molar refractivity (Wildman–Crippen MR) is 71.9 cm³/mol. The van der Waals surface area contributed by atoms with Crippen molar-refractivity contribution in [3.8, 4) is 0 Å². The van der Waals surface area contributed by atoms with E-state index in [0.29, 0.717) is 0 Å². The van der Waals surface area contributed by atoms with Crippen molar-refractivity contribution in [1.29, 1.82) is 0 Å². The summed E-state index contributed by atoms with van der Waals surface area (Å²) >= 11 is 0. The molecule has 96 valence electrons. The number of nitrogens with one attached hydrogen (secondary N) is 1. The van der Waals surface area contributed by atoms with Crippen molar-refractivity contribution in [3.63, 3.8) is 0 Å². The SMILES string of the molecule is CC=CC=CC(=O)NCCCN1CCCCC1. The summed E-state index contributed by atoms with van der Waals surface area (Å²) < 4.78 is 0. The fourth-order valence-electron chi connectivity index (χ4n) is 2.01. The molecule has 3 heteroatoms. The fourth-order valence-corrected chi connectivity index (χ4v) is 2.01. The van der Waals surface area contributed by atoms with Crippen LogP contribution in [0.15, 0.2) is 24.3 Å². The van der Waals surface area contributed by atoms with Crippen LogP contribution in [-0.4, -0.2) is 37.0 Å². The highest BCUT2D eigenvalue weighted by Gasteiger charge is 2.08. The van der Waals surface area contributed by atoms with Gasteiger partial charge >= 0.3 is 0 Å². The van der Waals surface area contributed by atoms with Gasteiger partial charge in [0.2, 0.25) is 5.91 Å². The van der Waals surface area contributed by atoms with Crippen LogP contribution >= 0.6 is 0 Å². The maximum Gasteiger partial charge on any atom is 0.243 e. The van der Waals surface area contributed by atoms with E-state index in [0.717, 1.165) is 19.5 Å². The Morgan fingerprint density at radius 3 is 2.71 bits per heavy atom. The van der Waals surface area contributed by atoms with Crippen LogP contribution in [0, 0.1) is 0 Å². The van der Waals surface area contributed by atoms with Crippen molar-refractivity contribution in [3.05, 3.63) is 24.3 Å². The normalized spacial score (nSPS) is 17.9. The first-order valence-corrected chi connectivity index (χ1v) is 6.62. The van der Waals surface area contributed by atoms with Crippen LogP contribution in [0.5, 0.6) is 0 Å². The standard InChI is InChI=1S/C14H24N2O/c1-2-3-5-9-14(17)15-10-8-13-16-11-6-4-7-12-16/h2-3,5,9H,4,6-8,10-13H2,1H3,(H,15,17). The number of amides is 1. The highest BCUT2D eigenvalue weighted by Crippen LogP contribution is 2.08. The monoisotopic (exact) mass is 236 g/mol. The molecule has 0 unspecified atom stereocenters. The molecule has 17 heavy (non-hydrogen) atoms. The second kappa shape index (κ2) is 8.99. The van der Waals surface area contributed by atoms with E-state index in [9.17, 15) is 4.79 Å². The Bertz CT molecular complexity index is 265. The molecule has 0 atom stereocenters. The Balaban J connectivity index is 2.01. The lowest BCUT2D eigenvalue weighted by atomic mass is 10.1. The van der Waals surface area contributed by atoms with Crippen LogP contribution < -0.4 is 5.32 Å². The first-order valence-electron chi connectivity index (χ1n) is 6.62. The van der Waals surface area contributed by atoms with Crippen molar-refractivity contribution in [2.24, 2.45) is 0 Å². The summed E-state index contributed by atoms with van der Waals surface area (Å²) in [5.41, 5.74) is 0. The van der Waals surface area contributed by atoms with Crippen molar-refractivity contribution < 1.29 is 4.79 Å². The van der Waals surface area contributed by atoms with Gasteiger partial charge in [-0.2, -0.15) is 0 Å². The van der Waals surface area contributed by atoms with Crippen molar-refractivity contribution in [2.45, 2.75) is 32.6 Å². The van der Waals surface area contributed by atoms with Crippen LogP contribution in [-0.2, 0) is 4.79 Å². The van der Waals surface area contributed by atoms with E-state index < -0.39 is 0 Å². The summed E-state index contributed by atoms with van der Waals surface area (Å²) in [6.07, 6.45) is 12.2. The molecule has 0 bridgehead atoms. The molecule has 3 nitrogen and oxygen atoms in total. The van der Waals surface area contributed by atoms with Gasteiger partial charge in [-0.25, -0.2) is 0 Å². The second-order valence-electron chi connectivity index (χ2n) is 4.43. The van der Waals surface area contributed by atoms with Gasteiger partial charge in [0.15, 0.2) is 0 Å². The number of likely N-dealkylation sites (tertiary alicyclic amines) is 1. The van der Waals surface area contributed by atoms with Gasteiger partial charge in [-0.05, 0) is 45.8 Å². The van der Waals surface area contributed by atoms with Crippen molar-refractivity contribution in [1.82, 2.24) is 10.2 Å². The number of allylic oxidation sites excluding steroid dienone is 3. The smallest absolute Gasteiger partial charge is 0.243 e. The van der Waals surface area contributed by atoms with Crippen molar-refractivity contribution >= 4 is 5.91 Å². The van der Waals surface area contributed by atoms with Gasteiger partial charge in [0, 0.05) is 12.6 Å². The lowest BCUT2D eigenvalue weighted by Crippen LogP contribution is -2.33. The number of hydrogen-bond acceptors (Lipinski definition) is 2. The van der Waals surface area contributed by atoms with Crippen molar-refractivity contribution in [2.75, 3.05) is 26.2 Å². The molecular weight excluding hydrogens is 212 g/mol. The highest BCUT2D eigenvalue weighted by molar-refractivity contribution is 5.87. The van der Waals surface area contributed by atoms with Gasteiger partial charge in [-0.3, -0.25) is 4.79 Å². The number of hydrogen-bond donors (Lipinski definition) is 1. The topological polar surface area (TPSA) is 32.3 Å². The summed E-state index contributed by atoms with van der Waals surface area (Å²) in [5.74, 6) is 0.00161. The molecule has 1 amide bonds. The quantitative estimate of drug-likeness (QED) is 0.435. The third-order valence-electron chi connectivity index (χ3n) is 2.95. The Labute approximate surface area is 105 Å². The highest BCUT2D eigenvalue weighted by atomic mass is 16.1.